The van der Waals surface area contributed by atoms with Crippen LogP contribution >= 0.6 is 0 Å². The van der Waals surface area contributed by atoms with Gasteiger partial charge >= 0.3 is 12.6 Å². The highest BCUT2D eigenvalue weighted by Crippen LogP contribution is 2.19. The van der Waals surface area contributed by atoms with Crippen LogP contribution in [0.1, 0.15) is 24.9 Å². The Kier molecular flexibility index (Phi) is 5.72. The quantitative estimate of drug-likeness (QED) is 0.887. The van der Waals surface area contributed by atoms with Gasteiger partial charge in [-0.25, -0.2) is 4.79 Å². The predicted molar refractivity (Wildman–Crippen MR) is 79.2 cm³/mol. The van der Waals surface area contributed by atoms with Gasteiger partial charge in [-0.2, -0.15) is 8.78 Å². The molecule has 2 rings (SSSR count). The number of rotatable bonds is 4. The Labute approximate surface area is 132 Å². The molecule has 1 saturated heterocycles. The smallest absolute Gasteiger partial charge is 0.387 e. The summed E-state index contributed by atoms with van der Waals surface area (Å²) in [7, 11) is 0. The van der Waals surface area contributed by atoms with Gasteiger partial charge in [-0.3, -0.25) is 4.79 Å². The highest BCUT2D eigenvalue weighted by atomic mass is 19.3. The molecule has 8 heteroatoms. The van der Waals surface area contributed by atoms with Crippen molar-refractivity contribution in [1.82, 2.24) is 15.5 Å². The van der Waals surface area contributed by atoms with Gasteiger partial charge in [-0.05, 0) is 24.6 Å². The number of carbonyl (C=O) groups excluding carboxylic acids is 2. The van der Waals surface area contributed by atoms with E-state index in [0.29, 0.717) is 19.6 Å². The van der Waals surface area contributed by atoms with Crippen LogP contribution in [0.25, 0.3) is 0 Å². The zero-order chi connectivity index (χ0) is 16.8. The summed E-state index contributed by atoms with van der Waals surface area (Å²) < 4.78 is 28.5. The van der Waals surface area contributed by atoms with E-state index in [1.54, 1.807) is 24.0 Å². The van der Waals surface area contributed by atoms with E-state index in [0.717, 1.165) is 5.56 Å². The van der Waals surface area contributed by atoms with E-state index < -0.39 is 6.61 Å². The predicted octanol–water partition coefficient (Wildman–Crippen LogP) is 1.88. The second-order valence-electron chi connectivity index (χ2n) is 5.21. The number of nitrogens with one attached hydrogen (secondary N) is 2. The first-order chi connectivity index (χ1) is 11.0. The van der Waals surface area contributed by atoms with E-state index in [4.69, 9.17) is 0 Å². The average molecular weight is 327 g/mol. The SMILES string of the molecule is C[C@@H](NC(=O)N1CCNC(=O)CC1)c1ccc(OC(F)F)cc1. The zero-order valence-corrected chi connectivity index (χ0v) is 12.7. The van der Waals surface area contributed by atoms with Crippen molar-refractivity contribution < 1.29 is 23.1 Å². The number of alkyl halides is 2. The monoisotopic (exact) mass is 327 g/mol. The third kappa shape index (κ3) is 5.08. The van der Waals surface area contributed by atoms with E-state index in [1.807, 2.05) is 0 Å². The summed E-state index contributed by atoms with van der Waals surface area (Å²) in [5.74, 6) is 0.00217. The minimum absolute atomic E-state index is 0.0667. The van der Waals surface area contributed by atoms with Crippen molar-refractivity contribution >= 4 is 11.9 Å². The average Bonchev–Trinajstić information content (AvgIpc) is 2.72. The van der Waals surface area contributed by atoms with Gasteiger partial charge in [0.15, 0.2) is 0 Å². The fourth-order valence-electron chi connectivity index (χ4n) is 2.27. The largest absolute Gasteiger partial charge is 0.435 e. The first-order valence-electron chi connectivity index (χ1n) is 7.32. The Bertz CT molecular complexity index is 551. The van der Waals surface area contributed by atoms with E-state index in [9.17, 15) is 18.4 Å². The molecule has 3 amide bonds. The maximum absolute atomic E-state index is 12.2. The van der Waals surface area contributed by atoms with E-state index in [-0.39, 0.29) is 30.2 Å². The molecule has 1 aliphatic heterocycles. The third-order valence-electron chi connectivity index (χ3n) is 3.55. The van der Waals surface area contributed by atoms with Crippen molar-refractivity contribution in [2.24, 2.45) is 0 Å². The van der Waals surface area contributed by atoms with E-state index >= 15 is 0 Å². The topological polar surface area (TPSA) is 70.7 Å². The standard InChI is InChI=1S/C15H19F2N3O3/c1-10(11-2-4-12(5-3-11)23-14(16)17)19-15(22)20-8-6-13(21)18-7-9-20/h2-5,10,14H,6-9H2,1H3,(H,18,21)(H,19,22)/t10-/m1/s1. The van der Waals surface area contributed by atoms with Crippen molar-refractivity contribution in [2.75, 3.05) is 19.6 Å². The Morgan fingerprint density at radius 2 is 2.00 bits per heavy atom. The molecule has 0 spiro atoms. The van der Waals surface area contributed by atoms with Gasteiger partial charge in [-0.1, -0.05) is 12.1 Å². The summed E-state index contributed by atoms with van der Waals surface area (Å²) in [6.07, 6.45) is 0.279. The molecule has 6 nitrogen and oxygen atoms in total. The highest BCUT2D eigenvalue weighted by Gasteiger charge is 2.20. The number of hydrogen-bond acceptors (Lipinski definition) is 3. The van der Waals surface area contributed by atoms with Crippen LogP contribution in [0.2, 0.25) is 0 Å². The van der Waals surface area contributed by atoms with Gasteiger partial charge in [0.05, 0.1) is 6.04 Å². The second-order valence-corrected chi connectivity index (χ2v) is 5.21. The molecule has 1 heterocycles. The fourth-order valence-corrected chi connectivity index (χ4v) is 2.27. The number of hydrogen-bond donors (Lipinski definition) is 2. The van der Waals surface area contributed by atoms with Crippen LogP contribution < -0.4 is 15.4 Å². The molecule has 0 bridgehead atoms. The summed E-state index contributed by atoms with van der Waals surface area (Å²) in [4.78, 5) is 25.0. The van der Waals surface area contributed by atoms with Crippen molar-refractivity contribution in [3.63, 3.8) is 0 Å². The van der Waals surface area contributed by atoms with Crippen LogP contribution in [0.3, 0.4) is 0 Å². The molecule has 2 N–H and O–H groups in total. The van der Waals surface area contributed by atoms with Gasteiger partial charge < -0.3 is 20.3 Å². The minimum atomic E-state index is -2.86. The fraction of sp³-hybridized carbons (Fsp3) is 0.467. The molecule has 126 valence electrons. The number of carbonyl (C=O) groups is 2. The van der Waals surface area contributed by atoms with Gasteiger partial charge in [0, 0.05) is 26.1 Å². The molecular formula is C15H19F2N3O3. The van der Waals surface area contributed by atoms with Crippen molar-refractivity contribution in [3.8, 4) is 5.75 Å². The molecule has 0 radical (unpaired) electrons. The van der Waals surface area contributed by atoms with Crippen LogP contribution in [-0.2, 0) is 4.79 Å². The van der Waals surface area contributed by atoms with Crippen LogP contribution in [0.4, 0.5) is 13.6 Å². The molecule has 1 aromatic carbocycles. The Hall–Kier alpha value is -2.38. The molecule has 0 aromatic heterocycles. The summed E-state index contributed by atoms with van der Waals surface area (Å²) >= 11 is 0. The molecule has 23 heavy (non-hydrogen) atoms. The molecule has 0 unspecified atom stereocenters. The maximum atomic E-state index is 12.2. The minimum Gasteiger partial charge on any atom is -0.435 e. The number of nitrogens with zero attached hydrogens (tertiary/aromatic N) is 1. The lowest BCUT2D eigenvalue weighted by molar-refractivity contribution is -0.120. The maximum Gasteiger partial charge on any atom is 0.387 e. The lowest BCUT2D eigenvalue weighted by Crippen LogP contribution is -2.42. The van der Waals surface area contributed by atoms with Gasteiger partial charge in [-0.15, -0.1) is 0 Å². The number of benzene rings is 1. The van der Waals surface area contributed by atoms with Crippen molar-refractivity contribution in [3.05, 3.63) is 29.8 Å². The molecule has 1 aliphatic rings. The first kappa shape index (κ1) is 17.0. The number of amides is 3. The molecular weight excluding hydrogens is 308 g/mol. The second kappa shape index (κ2) is 7.75. The van der Waals surface area contributed by atoms with Gasteiger partial charge in [0.25, 0.3) is 0 Å². The summed E-state index contributed by atoms with van der Waals surface area (Å²) in [5.41, 5.74) is 0.768. The summed E-state index contributed by atoms with van der Waals surface area (Å²) in [5, 5.41) is 5.53. The lowest BCUT2D eigenvalue weighted by Gasteiger charge is -2.23. The highest BCUT2D eigenvalue weighted by molar-refractivity contribution is 5.79. The van der Waals surface area contributed by atoms with E-state index in [1.165, 1.54) is 12.1 Å². The van der Waals surface area contributed by atoms with E-state index in [2.05, 4.69) is 15.4 Å². The van der Waals surface area contributed by atoms with Crippen LogP contribution in [-0.4, -0.2) is 43.1 Å². The van der Waals surface area contributed by atoms with Crippen molar-refractivity contribution in [1.29, 1.82) is 0 Å². The Morgan fingerprint density at radius 1 is 1.30 bits per heavy atom. The molecule has 1 aromatic rings. The Morgan fingerprint density at radius 3 is 2.65 bits per heavy atom. The van der Waals surface area contributed by atoms with Crippen LogP contribution in [0, 0.1) is 0 Å². The summed E-state index contributed by atoms with van der Waals surface area (Å²) in [6, 6.07) is 5.54. The van der Waals surface area contributed by atoms with Gasteiger partial charge in [0.2, 0.25) is 5.91 Å². The molecule has 0 saturated carbocycles. The number of urea groups is 1. The molecule has 1 fully saturated rings. The third-order valence-corrected chi connectivity index (χ3v) is 3.55. The number of ether oxygens (including phenoxy) is 1. The lowest BCUT2D eigenvalue weighted by atomic mass is 10.1. The molecule has 0 aliphatic carbocycles. The normalized spacial score (nSPS) is 16.5. The van der Waals surface area contributed by atoms with Gasteiger partial charge in [0.1, 0.15) is 5.75 Å². The van der Waals surface area contributed by atoms with Crippen molar-refractivity contribution in [2.45, 2.75) is 26.0 Å². The Balaban J connectivity index is 1.91. The molecule has 1 atom stereocenters. The van der Waals surface area contributed by atoms with Crippen LogP contribution in [0.15, 0.2) is 24.3 Å². The zero-order valence-electron chi connectivity index (χ0n) is 12.7. The summed E-state index contributed by atoms with van der Waals surface area (Å²) in [6.45, 7) is 0.178. The van der Waals surface area contributed by atoms with Crippen LogP contribution in [0.5, 0.6) is 5.75 Å². The number of halogens is 2. The first-order valence-corrected chi connectivity index (χ1v) is 7.32.